The second-order valence-corrected chi connectivity index (χ2v) is 25.4. The number of nitrogens with one attached hydrogen (secondary N) is 1. The van der Waals surface area contributed by atoms with Crippen molar-refractivity contribution < 1.29 is 37.3 Å². The van der Waals surface area contributed by atoms with Crippen LogP contribution in [0.5, 0.6) is 0 Å². The van der Waals surface area contributed by atoms with Crippen LogP contribution in [0.4, 0.5) is 0 Å². The molecule has 0 aromatic carbocycles. The van der Waals surface area contributed by atoms with Crippen LogP contribution in [0, 0.1) is 0 Å². The van der Waals surface area contributed by atoms with Crippen molar-refractivity contribution in [2.24, 2.45) is 0 Å². The highest BCUT2D eigenvalue weighted by molar-refractivity contribution is 7.45. The Morgan fingerprint density at radius 2 is 0.771 bits per heavy atom. The normalized spacial score (nSPS) is 14.3. The van der Waals surface area contributed by atoms with Crippen LogP contribution in [0.2, 0.25) is 0 Å². The number of esters is 1. The van der Waals surface area contributed by atoms with Gasteiger partial charge in [-0.3, -0.25) is 14.2 Å². The lowest BCUT2D eigenvalue weighted by Crippen LogP contribution is -2.47. The first-order valence-corrected chi connectivity index (χ1v) is 35.7. The van der Waals surface area contributed by atoms with Crippen molar-refractivity contribution in [2.45, 2.75) is 303 Å². The Bertz CT molecular complexity index is 1790. The molecule has 478 valence electrons. The molecule has 0 rings (SSSR count). The predicted octanol–water partition coefficient (Wildman–Crippen LogP) is 21.0. The van der Waals surface area contributed by atoms with Gasteiger partial charge in [-0.15, -0.1) is 0 Å². The molecule has 0 fully saturated rings. The average molecular weight is 1180 g/mol. The van der Waals surface area contributed by atoms with E-state index in [4.69, 9.17) is 13.8 Å². The average Bonchev–Trinajstić information content (AvgIpc) is 3.51. The molecule has 3 atom stereocenters. The van der Waals surface area contributed by atoms with Gasteiger partial charge in [0.05, 0.1) is 33.8 Å². The third-order valence-corrected chi connectivity index (χ3v) is 15.7. The summed E-state index contributed by atoms with van der Waals surface area (Å²) >= 11 is 0. The Balaban J connectivity index is 5.08. The van der Waals surface area contributed by atoms with Crippen LogP contribution in [0.1, 0.15) is 290 Å². The van der Waals surface area contributed by atoms with Gasteiger partial charge in [0.1, 0.15) is 19.3 Å². The minimum absolute atomic E-state index is 0.0325. The van der Waals surface area contributed by atoms with Gasteiger partial charge in [-0.25, -0.2) is 0 Å². The van der Waals surface area contributed by atoms with Crippen LogP contribution in [0.25, 0.3) is 0 Å². The molecule has 1 N–H and O–H groups in total. The molecule has 0 spiro atoms. The van der Waals surface area contributed by atoms with E-state index < -0.39 is 26.6 Å². The van der Waals surface area contributed by atoms with Gasteiger partial charge >= 0.3 is 5.97 Å². The maximum Gasteiger partial charge on any atom is 0.306 e. The van der Waals surface area contributed by atoms with Gasteiger partial charge in [-0.05, 0) is 115 Å². The van der Waals surface area contributed by atoms with Crippen molar-refractivity contribution in [3.63, 3.8) is 0 Å². The number of quaternary nitrogens is 1. The highest BCUT2D eigenvalue weighted by Gasteiger charge is 2.27. The quantitative estimate of drug-likeness (QED) is 0.0212. The fraction of sp³-hybridized carbons (Fsp3) is 0.726. The van der Waals surface area contributed by atoms with Crippen LogP contribution < -0.4 is 10.2 Å². The Labute approximate surface area is 512 Å². The molecule has 83 heavy (non-hydrogen) atoms. The van der Waals surface area contributed by atoms with Gasteiger partial charge in [-0.2, -0.15) is 0 Å². The van der Waals surface area contributed by atoms with E-state index in [2.05, 4.69) is 123 Å². The number of phosphoric ester groups is 1. The standard InChI is InChI=1S/C73H129N2O7P/c1-7-10-13-16-19-22-25-27-29-31-33-34-35-36-37-38-39-40-42-43-45-47-50-53-56-59-62-65-72(76)74-70(69-81-83(78,79)80-68-67-75(4,5)6)71(64-61-58-55-52-49-24-21-18-15-12-9-3)82-73(77)66-63-60-57-54-51-48-46-44-41-32-30-28-26-23-20-17-14-11-8-2/h11,14,19-20,22-23,27-30,33-34,41,44,48,51,61,64,70-71H,7-10,12-13,15-18,21,24-26,31-32,35-40,42-43,45-47,49-50,52-60,62-63,65-69H2,1-6H3,(H-,74,76,78,79)/b14-11-,22-19-,23-20-,29-27-,30-28-,34-33-,44-41-,51-48-,64-61-. The third-order valence-electron chi connectivity index (χ3n) is 14.7. The molecule has 9 nitrogen and oxygen atoms in total. The molecule has 1 amide bonds. The third kappa shape index (κ3) is 63.0. The Kier molecular flexibility index (Phi) is 59.3. The van der Waals surface area contributed by atoms with Crippen LogP contribution in [0.3, 0.4) is 0 Å². The first-order valence-electron chi connectivity index (χ1n) is 34.2. The Morgan fingerprint density at radius 3 is 1.19 bits per heavy atom. The zero-order valence-corrected chi connectivity index (χ0v) is 55.5. The number of carbonyl (C=O) groups excluding carboxylic acids is 2. The molecule has 0 bridgehead atoms. The van der Waals surface area contributed by atoms with E-state index in [0.29, 0.717) is 23.9 Å². The minimum atomic E-state index is -4.72. The predicted molar refractivity (Wildman–Crippen MR) is 357 cm³/mol. The number of hydrogen-bond donors (Lipinski definition) is 1. The summed E-state index contributed by atoms with van der Waals surface area (Å²) in [4.78, 5) is 40.1. The van der Waals surface area contributed by atoms with E-state index in [1.165, 1.54) is 141 Å². The Hall–Kier alpha value is -3.33. The van der Waals surface area contributed by atoms with Gasteiger partial charge in [0, 0.05) is 12.8 Å². The molecule has 0 aliphatic carbocycles. The zero-order valence-electron chi connectivity index (χ0n) is 54.6. The summed E-state index contributed by atoms with van der Waals surface area (Å²) in [5.41, 5.74) is 0. The second kappa shape index (κ2) is 61.7. The van der Waals surface area contributed by atoms with Crippen molar-refractivity contribution in [3.05, 3.63) is 109 Å². The van der Waals surface area contributed by atoms with Crippen molar-refractivity contribution in [1.82, 2.24) is 5.32 Å². The topological polar surface area (TPSA) is 114 Å². The van der Waals surface area contributed by atoms with Crippen molar-refractivity contribution in [3.8, 4) is 0 Å². The lowest BCUT2D eigenvalue weighted by Gasteiger charge is -2.30. The molecular weight excluding hydrogens is 1050 g/mol. The number of rotatable bonds is 61. The first-order chi connectivity index (χ1) is 40.4. The number of phosphoric acid groups is 1. The zero-order chi connectivity index (χ0) is 60.7. The number of unbranched alkanes of at least 4 members (excludes halogenated alkanes) is 29. The summed E-state index contributed by atoms with van der Waals surface area (Å²) in [6, 6.07) is -0.909. The maximum atomic E-state index is 13.6. The van der Waals surface area contributed by atoms with E-state index >= 15 is 0 Å². The molecule has 3 unspecified atom stereocenters. The number of carbonyl (C=O) groups is 2. The monoisotopic (exact) mass is 1180 g/mol. The second-order valence-electron chi connectivity index (χ2n) is 23.9. The molecule has 0 aromatic rings. The number of allylic oxidation sites excluding steroid dienone is 17. The van der Waals surface area contributed by atoms with E-state index in [9.17, 15) is 19.0 Å². The van der Waals surface area contributed by atoms with Crippen molar-refractivity contribution in [1.29, 1.82) is 0 Å². The highest BCUT2D eigenvalue weighted by atomic mass is 31.2. The number of amides is 1. The van der Waals surface area contributed by atoms with E-state index in [0.717, 1.165) is 109 Å². The van der Waals surface area contributed by atoms with Crippen LogP contribution in [-0.4, -0.2) is 69.4 Å². The largest absolute Gasteiger partial charge is 0.756 e. The van der Waals surface area contributed by atoms with Crippen LogP contribution >= 0.6 is 7.82 Å². The highest BCUT2D eigenvalue weighted by Crippen LogP contribution is 2.38. The lowest BCUT2D eigenvalue weighted by molar-refractivity contribution is -0.870. The summed E-state index contributed by atoms with van der Waals surface area (Å²) in [6.45, 7) is 6.68. The molecule has 10 heteroatoms. The number of nitrogens with zero attached hydrogens (tertiary/aromatic N) is 1. The van der Waals surface area contributed by atoms with Crippen molar-refractivity contribution >= 4 is 19.7 Å². The fourth-order valence-electron chi connectivity index (χ4n) is 9.44. The molecule has 0 aliphatic rings. The number of likely N-dealkylation sites (N-methyl/N-ethyl adjacent to an activating group) is 1. The molecule has 0 saturated carbocycles. The number of ether oxygens (including phenoxy) is 1. The molecule has 0 aliphatic heterocycles. The summed E-state index contributed by atoms with van der Waals surface area (Å²) in [6.07, 6.45) is 85.0. The van der Waals surface area contributed by atoms with Gasteiger partial charge in [0.15, 0.2) is 0 Å². The lowest BCUT2D eigenvalue weighted by atomic mass is 10.0. The first kappa shape index (κ1) is 79.7. The smallest absolute Gasteiger partial charge is 0.306 e. The SMILES string of the molecule is CC/C=C\C/C=C\C/C=C\C/C=C\C/C=C\CCCCCC(=O)OC(/C=C\CCCCCCCCCCC)C(COP(=O)([O-])OCC[N+](C)(C)C)NC(=O)CCCCCCCCCCCCCCCC/C=C\C/C=C\C/C=C\CCCCC. The van der Waals surface area contributed by atoms with E-state index in [-0.39, 0.29) is 24.9 Å². The van der Waals surface area contributed by atoms with Gasteiger partial charge in [0.2, 0.25) is 5.91 Å². The molecule has 0 radical (unpaired) electrons. The Morgan fingerprint density at radius 1 is 0.434 bits per heavy atom. The van der Waals surface area contributed by atoms with Crippen LogP contribution in [-0.2, 0) is 27.9 Å². The molecular formula is C73H129N2O7P. The van der Waals surface area contributed by atoms with E-state index in [1.54, 1.807) is 0 Å². The molecule has 0 aromatic heterocycles. The van der Waals surface area contributed by atoms with Gasteiger partial charge in [0.25, 0.3) is 7.82 Å². The fourth-order valence-corrected chi connectivity index (χ4v) is 10.2. The van der Waals surface area contributed by atoms with Crippen LogP contribution in [0.15, 0.2) is 109 Å². The summed E-state index contributed by atoms with van der Waals surface area (Å²) in [5.74, 6) is -0.580. The molecule has 0 saturated heterocycles. The molecule has 0 heterocycles. The minimum Gasteiger partial charge on any atom is -0.756 e. The van der Waals surface area contributed by atoms with Crippen molar-refractivity contribution in [2.75, 3.05) is 40.9 Å². The summed E-state index contributed by atoms with van der Waals surface area (Å²) in [7, 11) is 1.16. The summed E-state index contributed by atoms with van der Waals surface area (Å²) in [5, 5.41) is 3.03. The summed E-state index contributed by atoms with van der Waals surface area (Å²) < 4.78 is 30.4. The van der Waals surface area contributed by atoms with Gasteiger partial charge < -0.3 is 28.5 Å². The van der Waals surface area contributed by atoms with Gasteiger partial charge in [-0.1, -0.05) is 272 Å². The van der Waals surface area contributed by atoms with E-state index in [1.807, 2.05) is 33.3 Å². The number of hydrogen-bond acceptors (Lipinski definition) is 7. The maximum absolute atomic E-state index is 13.6.